The summed E-state index contributed by atoms with van der Waals surface area (Å²) in [6, 6.07) is 13.5. The van der Waals surface area contributed by atoms with Gasteiger partial charge in [-0.15, -0.1) is 11.8 Å². The van der Waals surface area contributed by atoms with E-state index >= 15 is 0 Å². The Labute approximate surface area is 171 Å². The molecule has 4 aromatic rings. The van der Waals surface area contributed by atoms with E-state index in [1.165, 1.54) is 11.8 Å². The van der Waals surface area contributed by atoms with E-state index in [4.69, 9.17) is 0 Å². The summed E-state index contributed by atoms with van der Waals surface area (Å²) in [5, 5.41) is 20.7. The molecular weight excluding hydrogens is 386 g/mol. The van der Waals surface area contributed by atoms with Gasteiger partial charge in [-0.1, -0.05) is 12.1 Å². The zero-order valence-electron chi connectivity index (χ0n) is 15.5. The summed E-state index contributed by atoms with van der Waals surface area (Å²) >= 11 is 1.54. The van der Waals surface area contributed by atoms with Crippen LogP contribution in [0.25, 0.3) is 22.3 Å². The summed E-state index contributed by atoms with van der Waals surface area (Å²) < 4.78 is 0. The smallest absolute Gasteiger partial charge is 0.234 e. The monoisotopic (exact) mass is 405 g/mol. The van der Waals surface area contributed by atoms with Crippen molar-refractivity contribution in [2.45, 2.75) is 29.7 Å². The third kappa shape index (κ3) is 3.41. The fourth-order valence-electron chi connectivity index (χ4n) is 3.53. The van der Waals surface area contributed by atoms with Crippen LogP contribution < -0.4 is 5.32 Å². The van der Waals surface area contributed by atoms with Gasteiger partial charge in [0.1, 0.15) is 5.69 Å². The van der Waals surface area contributed by atoms with E-state index in [0.717, 1.165) is 44.1 Å². The van der Waals surface area contributed by atoms with E-state index in [0.29, 0.717) is 13.0 Å². The van der Waals surface area contributed by atoms with Gasteiger partial charge in [0.2, 0.25) is 5.91 Å². The lowest BCUT2D eigenvalue weighted by Gasteiger charge is -2.10. The molecule has 0 radical (unpaired) electrons. The molecule has 4 heterocycles. The minimum Gasteiger partial charge on any atom is -0.392 e. The van der Waals surface area contributed by atoms with Gasteiger partial charge in [0, 0.05) is 23.5 Å². The number of fused-ring (bicyclic) bond motifs is 2. The molecule has 1 atom stereocenters. The second kappa shape index (κ2) is 7.38. The van der Waals surface area contributed by atoms with E-state index in [-0.39, 0.29) is 17.8 Å². The molecule has 3 aromatic heterocycles. The Bertz CT molecular complexity index is 1180. The summed E-state index contributed by atoms with van der Waals surface area (Å²) in [4.78, 5) is 21.2. The number of H-pyrrole nitrogens is 2. The fourth-order valence-corrected chi connectivity index (χ4v) is 4.80. The Morgan fingerprint density at radius 1 is 1.28 bits per heavy atom. The first kappa shape index (κ1) is 18.0. The van der Waals surface area contributed by atoms with Crippen LogP contribution >= 0.6 is 11.8 Å². The van der Waals surface area contributed by atoms with E-state index in [9.17, 15) is 9.90 Å². The Kier molecular flexibility index (Phi) is 4.57. The Morgan fingerprint density at radius 3 is 3.03 bits per heavy atom. The molecule has 29 heavy (non-hydrogen) atoms. The lowest BCUT2D eigenvalue weighted by Crippen LogP contribution is -2.32. The summed E-state index contributed by atoms with van der Waals surface area (Å²) in [6.45, 7) is 0.435. The maximum Gasteiger partial charge on any atom is 0.234 e. The number of thioether (sulfide) groups is 1. The highest BCUT2D eigenvalue weighted by Crippen LogP contribution is 2.42. The Hall–Kier alpha value is -3.10. The molecule has 0 saturated heterocycles. The molecule has 0 aliphatic carbocycles. The Morgan fingerprint density at radius 2 is 2.21 bits per heavy atom. The highest BCUT2D eigenvalue weighted by Gasteiger charge is 2.33. The number of nitrogens with zero attached hydrogens (tertiary/aromatic N) is 2. The zero-order valence-corrected chi connectivity index (χ0v) is 16.3. The van der Waals surface area contributed by atoms with Crippen LogP contribution in [0, 0.1) is 0 Å². The minimum atomic E-state index is -0.188. The molecule has 1 aromatic carbocycles. The van der Waals surface area contributed by atoms with E-state index in [2.05, 4.69) is 25.5 Å². The molecule has 1 amide bonds. The molecule has 0 bridgehead atoms. The average molecular weight is 405 g/mol. The molecule has 8 heteroatoms. The number of carbonyl (C=O) groups is 1. The van der Waals surface area contributed by atoms with Crippen LogP contribution in [-0.4, -0.2) is 36.4 Å². The first-order valence-electron chi connectivity index (χ1n) is 9.35. The van der Waals surface area contributed by atoms with Crippen LogP contribution in [0.5, 0.6) is 0 Å². The van der Waals surface area contributed by atoms with Gasteiger partial charge in [-0.3, -0.25) is 14.9 Å². The van der Waals surface area contributed by atoms with Crippen molar-refractivity contribution in [2.24, 2.45) is 0 Å². The van der Waals surface area contributed by atoms with Crippen LogP contribution in [0.3, 0.4) is 0 Å². The molecule has 7 nitrogen and oxygen atoms in total. The van der Waals surface area contributed by atoms with Gasteiger partial charge in [-0.2, -0.15) is 5.10 Å². The molecule has 1 aliphatic heterocycles. The van der Waals surface area contributed by atoms with Gasteiger partial charge in [0.05, 0.1) is 40.4 Å². The van der Waals surface area contributed by atoms with Crippen LogP contribution in [0.1, 0.15) is 17.0 Å². The van der Waals surface area contributed by atoms with Crippen molar-refractivity contribution in [1.29, 1.82) is 0 Å². The van der Waals surface area contributed by atoms with Crippen molar-refractivity contribution in [3.8, 4) is 11.4 Å². The topological polar surface area (TPSA) is 107 Å². The highest BCUT2D eigenvalue weighted by molar-refractivity contribution is 8.01. The van der Waals surface area contributed by atoms with Gasteiger partial charge < -0.3 is 15.4 Å². The van der Waals surface area contributed by atoms with Crippen LogP contribution in [0.15, 0.2) is 53.6 Å². The zero-order chi connectivity index (χ0) is 19.8. The number of aromatic amines is 2. The lowest BCUT2D eigenvalue weighted by molar-refractivity contribution is -0.120. The third-order valence-electron chi connectivity index (χ3n) is 5.03. The second-order valence-corrected chi connectivity index (χ2v) is 8.21. The van der Waals surface area contributed by atoms with Crippen molar-refractivity contribution >= 4 is 28.6 Å². The first-order chi connectivity index (χ1) is 14.2. The summed E-state index contributed by atoms with van der Waals surface area (Å²) in [5.74, 6) is 0.000405. The first-order valence-corrected chi connectivity index (χ1v) is 10.2. The molecule has 146 valence electrons. The summed E-state index contributed by atoms with van der Waals surface area (Å²) in [6.07, 6.45) is 2.34. The third-order valence-corrected chi connectivity index (χ3v) is 6.37. The highest BCUT2D eigenvalue weighted by atomic mass is 32.2. The van der Waals surface area contributed by atoms with Gasteiger partial charge in [-0.05, 0) is 35.9 Å². The van der Waals surface area contributed by atoms with Crippen molar-refractivity contribution < 1.29 is 9.90 Å². The minimum absolute atomic E-state index is 0.000405. The van der Waals surface area contributed by atoms with Crippen molar-refractivity contribution in [1.82, 2.24) is 25.5 Å². The average Bonchev–Trinajstić information content (AvgIpc) is 3.45. The van der Waals surface area contributed by atoms with E-state index in [1.54, 1.807) is 6.20 Å². The molecule has 0 fully saturated rings. The van der Waals surface area contributed by atoms with Crippen molar-refractivity contribution in [3.63, 3.8) is 0 Å². The predicted octanol–water partition coefficient (Wildman–Crippen LogP) is 2.78. The Balaban J connectivity index is 1.33. The number of nitrogens with one attached hydrogen (secondary N) is 3. The number of hydrogen-bond donors (Lipinski definition) is 4. The number of aliphatic hydroxyl groups is 1. The quantitative estimate of drug-likeness (QED) is 0.408. The second-order valence-electron chi connectivity index (χ2n) is 6.99. The number of aromatic nitrogens is 4. The number of carbonyl (C=O) groups excluding carboxylic acids is 1. The molecule has 0 saturated carbocycles. The predicted molar refractivity (Wildman–Crippen MR) is 111 cm³/mol. The number of aliphatic hydroxyl groups excluding tert-OH is 1. The van der Waals surface area contributed by atoms with Crippen molar-refractivity contribution in [2.75, 3.05) is 0 Å². The molecule has 4 N–H and O–H groups in total. The maximum atomic E-state index is 12.6. The molecular formula is C21H19N5O2S. The SMILES string of the molecule is O=C(NCc1ccccn1)C1Cc2[nH]nc(-c3cc4cc(CO)ccc4[nH]3)c2S1. The summed E-state index contributed by atoms with van der Waals surface area (Å²) in [5.41, 5.74) is 5.40. The van der Waals surface area contributed by atoms with E-state index in [1.807, 2.05) is 42.5 Å². The number of rotatable bonds is 5. The van der Waals surface area contributed by atoms with Gasteiger partial charge in [0.15, 0.2) is 0 Å². The number of benzene rings is 1. The van der Waals surface area contributed by atoms with Gasteiger partial charge in [-0.25, -0.2) is 0 Å². The van der Waals surface area contributed by atoms with Crippen LogP contribution in [-0.2, 0) is 24.4 Å². The van der Waals surface area contributed by atoms with Gasteiger partial charge in [0.25, 0.3) is 0 Å². The van der Waals surface area contributed by atoms with Gasteiger partial charge >= 0.3 is 0 Å². The fraction of sp³-hybridized carbons (Fsp3) is 0.190. The van der Waals surface area contributed by atoms with Crippen LogP contribution in [0.4, 0.5) is 0 Å². The molecule has 5 rings (SSSR count). The van der Waals surface area contributed by atoms with Crippen LogP contribution in [0.2, 0.25) is 0 Å². The lowest BCUT2D eigenvalue weighted by atomic mass is 10.1. The number of pyridine rings is 1. The maximum absolute atomic E-state index is 12.6. The number of hydrogen-bond acceptors (Lipinski definition) is 5. The molecule has 1 unspecified atom stereocenters. The van der Waals surface area contributed by atoms with Crippen molar-refractivity contribution in [3.05, 3.63) is 65.6 Å². The molecule has 0 spiro atoms. The largest absolute Gasteiger partial charge is 0.392 e. The number of amides is 1. The summed E-state index contributed by atoms with van der Waals surface area (Å²) in [7, 11) is 0. The molecule has 1 aliphatic rings. The normalized spacial score (nSPS) is 15.6. The van der Waals surface area contributed by atoms with E-state index < -0.39 is 0 Å². The standard InChI is InChI=1S/C21H19N5O2S/c27-11-12-4-5-15-13(7-12)8-16(24-15)19-20-17(25-26-19)9-18(29-20)21(28)23-10-14-3-1-2-6-22-14/h1-8,18,24,27H,9-11H2,(H,23,28)(H,25,26).